The first kappa shape index (κ1) is 26.4. The monoisotopic (exact) mass is 509 g/mol. The van der Waals surface area contributed by atoms with E-state index in [0.29, 0.717) is 45.7 Å². The molecule has 7 atom stereocenters. The predicted molar refractivity (Wildman–Crippen MR) is 133 cm³/mol. The summed E-state index contributed by atoms with van der Waals surface area (Å²) in [6.07, 6.45) is 3.76. The van der Waals surface area contributed by atoms with Crippen molar-refractivity contribution < 1.29 is 29.3 Å². The highest BCUT2D eigenvalue weighted by Crippen LogP contribution is 2.66. The molecule has 4 aliphatic heterocycles. The van der Waals surface area contributed by atoms with Crippen LogP contribution in [-0.2, 0) is 19.1 Å². The lowest BCUT2D eigenvalue weighted by molar-refractivity contribution is -0.150. The van der Waals surface area contributed by atoms with Gasteiger partial charge in [-0.3, -0.25) is 19.3 Å². The average Bonchev–Trinajstić information content (AvgIpc) is 3.50. The highest BCUT2D eigenvalue weighted by molar-refractivity contribution is 8.02. The van der Waals surface area contributed by atoms with Crippen molar-refractivity contribution in [3.8, 4) is 0 Å². The number of aliphatic carboxylic acids is 1. The molecule has 196 valence electrons. The largest absolute Gasteiger partial charge is 0.481 e. The number of carboxylic acid groups (broad SMARTS) is 1. The van der Waals surface area contributed by atoms with Crippen molar-refractivity contribution in [2.24, 2.45) is 17.8 Å². The maximum absolute atomic E-state index is 14.3. The Morgan fingerprint density at radius 2 is 2.09 bits per heavy atom. The van der Waals surface area contributed by atoms with Gasteiger partial charge in [0.1, 0.15) is 6.04 Å². The summed E-state index contributed by atoms with van der Waals surface area (Å²) in [5.41, 5.74) is 0. The Kier molecular flexibility index (Phi) is 8.15. The van der Waals surface area contributed by atoms with Gasteiger partial charge in [-0.1, -0.05) is 26.3 Å². The molecule has 4 rings (SSSR count). The molecule has 4 heterocycles. The molecule has 0 aromatic rings. The first-order valence-corrected chi connectivity index (χ1v) is 13.7. The molecule has 1 spiro atoms. The van der Waals surface area contributed by atoms with Gasteiger partial charge in [0.25, 0.3) is 0 Å². The van der Waals surface area contributed by atoms with Crippen LogP contribution in [0.3, 0.4) is 0 Å². The van der Waals surface area contributed by atoms with Crippen molar-refractivity contribution in [3.05, 3.63) is 12.7 Å². The number of carbonyl (C=O) groups excluding carboxylic acids is 2. The number of aliphatic hydroxyl groups excluding tert-OH is 1. The number of likely N-dealkylation sites (tertiary alicyclic amines) is 1. The first-order chi connectivity index (χ1) is 16.8. The average molecular weight is 510 g/mol. The Bertz CT molecular complexity index is 836. The number of carboxylic acids is 1. The number of rotatable bonds is 11. The fourth-order valence-electron chi connectivity index (χ4n) is 6.53. The van der Waals surface area contributed by atoms with Gasteiger partial charge >= 0.3 is 5.97 Å². The van der Waals surface area contributed by atoms with Crippen LogP contribution in [0.5, 0.6) is 0 Å². The van der Waals surface area contributed by atoms with Crippen molar-refractivity contribution in [1.29, 1.82) is 0 Å². The van der Waals surface area contributed by atoms with Gasteiger partial charge < -0.3 is 24.7 Å². The second-order valence-electron chi connectivity index (χ2n) is 10.3. The number of ether oxygens (including phenoxy) is 1. The molecule has 0 aliphatic carbocycles. The minimum Gasteiger partial charge on any atom is -0.481 e. The lowest BCUT2D eigenvalue weighted by Gasteiger charge is -2.41. The molecule has 0 saturated carbocycles. The van der Waals surface area contributed by atoms with Crippen LogP contribution in [0, 0.1) is 17.8 Å². The Morgan fingerprint density at radius 3 is 2.69 bits per heavy atom. The van der Waals surface area contributed by atoms with Crippen LogP contribution >= 0.6 is 11.8 Å². The molecular weight excluding hydrogens is 470 g/mol. The number of amides is 2. The summed E-state index contributed by atoms with van der Waals surface area (Å²) in [4.78, 5) is 46.1. The van der Waals surface area contributed by atoms with Gasteiger partial charge in [-0.25, -0.2) is 0 Å². The molecule has 4 fully saturated rings. The van der Waals surface area contributed by atoms with Crippen LogP contribution in [0.15, 0.2) is 12.7 Å². The smallest absolute Gasteiger partial charge is 0.308 e. The van der Waals surface area contributed by atoms with Gasteiger partial charge in [0.05, 0.1) is 42.4 Å². The van der Waals surface area contributed by atoms with Crippen molar-refractivity contribution in [3.63, 3.8) is 0 Å². The number of fused-ring (bicyclic) bond motifs is 1. The van der Waals surface area contributed by atoms with E-state index in [1.54, 1.807) is 15.9 Å². The first-order valence-electron chi connectivity index (χ1n) is 12.8. The van der Waals surface area contributed by atoms with Gasteiger partial charge in [0, 0.05) is 38.0 Å². The summed E-state index contributed by atoms with van der Waals surface area (Å²) < 4.78 is 4.67. The van der Waals surface area contributed by atoms with Crippen LogP contribution in [0.25, 0.3) is 0 Å². The fourth-order valence-corrected chi connectivity index (χ4v) is 8.72. The fraction of sp³-hybridized carbons (Fsp3) is 0.800. The van der Waals surface area contributed by atoms with E-state index in [4.69, 9.17) is 4.74 Å². The zero-order valence-corrected chi connectivity index (χ0v) is 21.6. The van der Waals surface area contributed by atoms with E-state index < -0.39 is 34.6 Å². The van der Waals surface area contributed by atoms with Gasteiger partial charge in [0.15, 0.2) is 0 Å². The number of hydrogen-bond acceptors (Lipinski definition) is 7. The molecule has 0 aromatic carbocycles. The third kappa shape index (κ3) is 4.51. The highest BCUT2D eigenvalue weighted by atomic mass is 32.2. The van der Waals surface area contributed by atoms with E-state index in [9.17, 15) is 24.6 Å². The Morgan fingerprint density at radius 1 is 1.37 bits per heavy atom. The predicted octanol–water partition coefficient (Wildman–Crippen LogP) is 0.916. The van der Waals surface area contributed by atoms with Crippen LogP contribution in [-0.4, -0.2) is 117 Å². The topological polar surface area (TPSA) is 111 Å². The van der Waals surface area contributed by atoms with Gasteiger partial charge in [-0.2, -0.15) is 0 Å². The Balaban J connectivity index is 1.68. The molecular formula is C25H39N3O6S. The molecule has 2 bridgehead atoms. The SMILES string of the molecule is C=CCN(CCN1CCOCC1)C(=O)C1N([C@@H](CO)[C@@H](C)CC)C(=O)[C@@H]2[C@@H](C(=O)O)[C@H]3CCC12S3. The minimum atomic E-state index is -0.963. The van der Waals surface area contributed by atoms with Crippen LogP contribution < -0.4 is 0 Å². The maximum atomic E-state index is 14.3. The molecule has 4 aliphatic rings. The minimum absolute atomic E-state index is 0.0267. The molecule has 35 heavy (non-hydrogen) atoms. The third-order valence-corrected chi connectivity index (χ3v) is 10.5. The summed E-state index contributed by atoms with van der Waals surface area (Å²) in [5.74, 6) is -2.96. The van der Waals surface area contributed by atoms with E-state index in [1.165, 1.54) is 11.8 Å². The molecule has 2 unspecified atom stereocenters. The van der Waals surface area contributed by atoms with Crippen LogP contribution in [0.1, 0.15) is 33.1 Å². The normalized spacial score (nSPS) is 34.0. The quantitative estimate of drug-likeness (QED) is 0.396. The molecule has 0 aromatic heterocycles. The number of hydrogen-bond donors (Lipinski definition) is 2. The summed E-state index contributed by atoms with van der Waals surface area (Å²) in [7, 11) is 0. The van der Waals surface area contributed by atoms with Crippen molar-refractivity contribution in [2.45, 2.75) is 55.2 Å². The maximum Gasteiger partial charge on any atom is 0.308 e. The number of thioether (sulfide) groups is 1. The number of aliphatic hydroxyl groups is 1. The molecule has 4 saturated heterocycles. The van der Waals surface area contributed by atoms with Crippen molar-refractivity contribution in [2.75, 3.05) is 52.5 Å². The van der Waals surface area contributed by atoms with Crippen LogP contribution in [0.2, 0.25) is 0 Å². The summed E-state index contributed by atoms with van der Waals surface area (Å²) >= 11 is 1.53. The van der Waals surface area contributed by atoms with E-state index in [1.807, 2.05) is 13.8 Å². The van der Waals surface area contributed by atoms with Gasteiger partial charge in [-0.05, 0) is 18.8 Å². The Labute approximate surface area is 211 Å². The van der Waals surface area contributed by atoms with Gasteiger partial charge in [0.2, 0.25) is 11.8 Å². The second-order valence-corrected chi connectivity index (χ2v) is 11.9. The lowest BCUT2D eigenvalue weighted by atomic mass is 9.71. The number of morpholine rings is 1. The molecule has 2 amide bonds. The number of carbonyl (C=O) groups is 3. The Hall–Kier alpha value is -1.62. The summed E-state index contributed by atoms with van der Waals surface area (Å²) in [6, 6.07) is -1.31. The van der Waals surface area contributed by atoms with Crippen molar-refractivity contribution >= 4 is 29.5 Å². The standard InChI is InChI=1S/C25H39N3O6S/c1-4-8-27(10-9-26-11-13-34-14-12-26)23(31)21-25-7-6-18(35-25)19(24(32)33)20(25)22(30)28(21)17(15-29)16(3)5-2/h4,16-21,29H,1,5-15H2,2-3H3,(H,32,33)/t16-,17-,18+,19-,20-,21?,25?/m0/s1. The summed E-state index contributed by atoms with van der Waals surface area (Å²) in [5, 5.41) is 20.2. The van der Waals surface area contributed by atoms with Gasteiger partial charge in [-0.15, -0.1) is 18.3 Å². The molecule has 2 N–H and O–H groups in total. The zero-order valence-electron chi connectivity index (χ0n) is 20.8. The van der Waals surface area contributed by atoms with E-state index in [0.717, 1.165) is 19.5 Å². The molecule has 0 radical (unpaired) electrons. The summed E-state index contributed by atoms with van der Waals surface area (Å²) in [6.45, 7) is 12.1. The van der Waals surface area contributed by atoms with Crippen LogP contribution in [0.4, 0.5) is 0 Å². The van der Waals surface area contributed by atoms with Crippen molar-refractivity contribution in [1.82, 2.24) is 14.7 Å². The number of nitrogens with zero attached hydrogens (tertiary/aromatic N) is 3. The van der Waals surface area contributed by atoms with E-state index in [-0.39, 0.29) is 29.6 Å². The van der Waals surface area contributed by atoms with E-state index >= 15 is 0 Å². The lowest BCUT2D eigenvalue weighted by Crippen LogP contribution is -2.59. The second kappa shape index (κ2) is 10.8. The highest BCUT2D eigenvalue weighted by Gasteiger charge is 2.74. The van der Waals surface area contributed by atoms with E-state index in [2.05, 4.69) is 11.5 Å². The third-order valence-electron chi connectivity index (χ3n) is 8.55. The molecule has 9 nitrogen and oxygen atoms in total. The zero-order chi connectivity index (χ0) is 25.3. The molecule has 10 heteroatoms.